The van der Waals surface area contributed by atoms with Gasteiger partial charge in [-0.25, -0.2) is 9.78 Å². The van der Waals surface area contributed by atoms with Crippen LogP contribution in [0.1, 0.15) is 62.2 Å². The molecule has 0 aliphatic rings. The van der Waals surface area contributed by atoms with E-state index in [1.54, 1.807) is 19.2 Å². The minimum atomic E-state index is -1.05. The van der Waals surface area contributed by atoms with Crippen LogP contribution in [0.3, 0.4) is 0 Å². The fraction of sp³-hybridized carbons (Fsp3) is 0.357. The lowest BCUT2D eigenvalue weighted by Crippen LogP contribution is -2.15. The molecule has 0 unspecified atom stereocenters. The molecule has 3 aromatic rings. The van der Waals surface area contributed by atoms with Gasteiger partial charge in [-0.15, -0.1) is 0 Å². The molecular weight excluding hydrogens is 430 g/mol. The molecule has 2 aromatic carbocycles. The van der Waals surface area contributed by atoms with Gasteiger partial charge in [0, 0.05) is 11.6 Å². The molecule has 3 rings (SSSR count). The molecule has 0 radical (unpaired) electrons. The van der Waals surface area contributed by atoms with Gasteiger partial charge in [0.1, 0.15) is 23.9 Å². The van der Waals surface area contributed by atoms with Crippen LogP contribution in [0.15, 0.2) is 54.6 Å². The van der Waals surface area contributed by atoms with Crippen LogP contribution in [-0.2, 0) is 12.0 Å². The van der Waals surface area contributed by atoms with Crippen molar-refractivity contribution in [1.82, 2.24) is 4.98 Å². The summed E-state index contributed by atoms with van der Waals surface area (Å²) in [6, 6.07) is 16.7. The molecule has 34 heavy (non-hydrogen) atoms. The van der Waals surface area contributed by atoms with Gasteiger partial charge in [-0.05, 0) is 60.2 Å². The van der Waals surface area contributed by atoms with Crippen LogP contribution in [0.2, 0.25) is 0 Å². The standard InChI is InChI=1S/C28H33NO5/c1-6-16-33-26-17-21(32-5)12-13-22(26)24-15-14-23(27(30)31)25(29-24)18-34-20-10-8-19(9-11-20)28(3,4)7-2/h8-15,17H,6-7,16,18H2,1-5H3,(H,30,31). The molecule has 0 aliphatic carbocycles. The van der Waals surface area contributed by atoms with Gasteiger partial charge in [-0.3, -0.25) is 0 Å². The molecule has 1 aromatic heterocycles. The maximum atomic E-state index is 11.8. The van der Waals surface area contributed by atoms with Crippen molar-refractivity contribution in [2.24, 2.45) is 0 Å². The van der Waals surface area contributed by atoms with Crippen molar-refractivity contribution in [3.8, 4) is 28.5 Å². The van der Waals surface area contributed by atoms with Crippen LogP contribution >= 0.6 is 0 Å². The second-order valence-electron chi connectivity index (χ2n) is 8.76. The molecule has 0 spiro atoms. The van der Waals surface area contributed by atoms with Gasteiger partial charge in [0.15, 0.2) is 0 Å². The monoisotopic (exact) mass is 463 g/mol. The molecule has 1 N–H and O–H groups in total. The first-order valence-electron chi connectivity index (χ1n) is 11.6. The molecule has 0 saturated heterocycles. The molecule has 0 saturated carbocycles. The number of nitrogens with zero attached hydrogens (tertiary/aromatic N) is 1. The molecular formula is C28H33NO5. The van der Waals surface area contributed by atoms with Crippen molar-refractivity contribution in [3.63, 3.8) is 0 Å². The Hall–Kier alpha value is -3.54. The van der Waals surface area contributed by atoms with E-state index in [0.29, 0.717) is 35.2 Å². The number of methoxy groups -OCH3 is 1. The molecule has 1 heterocycles. The van der Waals surface area contributed by atoms with Crippen LogP contribution in [0.4, 0.5) is 0 Å². The summed E-state index contributed by atoms with van der Waals surface area (Å²) in [5.41, 5.74) is 3.14. The first-order valence-corrected chi connectivity index (χ1v) is 11.6. The number of aromatic carboxylic acids is 1. The summed E-state index contributed by atoms with van der Waals surface area (Å²) < 4.78 is 17.2. The van der Waals surface area contributed by atoms with E-state index < -0.39 is 5.97 Å². The van der Waals surface area contributed by atoms with Crippen LogP contribution in [0, 0.1) is 0 Å². The van der Waals surface area contributed by atoms with Gasteiger partial charge in [-0.1, -0.05) is 39.8 Å². The zero-order chi connectivity index (χ0) is 24.7. The first-order chi connectivity index (χ1) is 16.3. The smallest absolute Gasteiger partial charge is 0.337 e. The Morgan fingerprint density at radius 3 is 2.29 bits per heavy atom. The zero-order valence-electron chi connectivity index (χ0n) is 20.6. The van der Waals surface area contributed by atoms with Gasteiger partial charge >= 0.3 is 5.97 Å². The highest BCUT2D eigenvalue weighted by Gasteiger charge is 2.19. The number of carboxylic acid groups (broad SMARTS) is 1. The summed E-state index contributed by atoms with van der Waals surface area (Å²) in [7, 11) is 1.60. The largest absolute Gasteiger partial charge is 0.497 e. The summed E-state index contributed by atoms with van der Waals surface area (Å²) in [4.78, 5) is 16.5. The van der Waals surface area contributed by atoms with E-state index in [1.165, 1.54) is 5.56 Å². The van der Waals surface area contributed by atoms with Gasteiger partial charge in [0.2, 0.25) is 0 Å². The Morgan fingerprint density at radius 2 is 1.68 bits per heavy atom. The second kappa shape index (κ2) is 11.1. The van der Waals surface area contributed by atoms with Crippen LogP contribution in [0.5, 0.6) is 17.2 Å². The van der Waals surface area contributed by atoms with Crippen LogP contribution in [0.25, 0.3) is 11.3 Å². The van der Waals surface area contributed by atoms with E-state index in [4.69, 9.17) is 14.2 Å². The molecule has 0 atom stereocenters. The summed E-state index contributed by atoms with van der Waals surface area (Å²) >= 11 is 0. The normalized spacial score (nSPS) is 11.2. The summed E-state index contributed by atoms with van der Waals surface area (Å²) in [5, 5.41) is 9.68. The van der Waals surface area contributed by atoms with E-state index in [0.717, 1.165) is 18.4 Å². The van der Waals surface area contributed by atoms with E-state index in [1.807, 2.05) is 37.3 Å². The number of pyridine rings is 1. The Bertz CT molecular complexity index is 1120. The average molecular weight is 464 g/mol. The molecule has 6 heteroatoms. The Kier molecular flexibility index (Phi) is 8.16. The van der Waals surface area contributed by atoms with E-state index in [9.17, 15) is 9.90 Å². The minimum Gasteiger partial charge on any atom is -0.497 e. The van der Waals surface area contributed by atoms with Crippen molar-refractivity contribution in [1.29, 1.82) is 0 Å². The number of hydrogen-bond donors (Lipinski definition) is 1. The number of hydrogen-bond acceptors (Lipinski definition) is 5. The third kappa shape index (κ3) is 5.87. The van der Waals surface area contributed by atoms with E-state index in [2.05, 4.69) is 37.9 Å². The number of rotatable bonds is 11. The van der Waals surface area contributed by atoms with E-state index in [-0.39, 0.29) is 17.6 Å². The van der Waals surface area contributed by atoms with Crippen molar-refractivity contribution in [2.45, 2.75) is 52.6 Å². The minimum absolute atomic E-state index is 0.0350. The fourth-order valence-electron chi connectivity index (χ4n) is 3.49. The number of aromatic nitrogens is 1. The highest BCUT2D eigenvalue weighted by Crippen LogP contribution is 2.33. The zero-order valence-corrected chi connectivity index (χ0v) is 20.6. The first kappa shape index (κ1) is 25.1. The van der Waals surface area contributed by atoms with Crippen LogP contribution < -0.4 is 14.2 Å². The van der Waals surface area contributed by atoms with Gasteiger partial charge in [0.05, 0.1) is 30.7 Å². The Balaban J connectivity index is 1.90. The van der Waals surface area contributed by atoms with Crippen molar-refractivity contribution in [2.75, 3.05) is 13.7 Å². The summed E-state index contributed by atoms with van der Waals surface area (Å²) in [6.45, 7) is 9.19. The third-order valence-corrected chi connectivity index (χ3v) is 6.03. The van der Waals surface area contributed by atoms with Crippen LogP contribution in [-0.4, -0.2) is 29.8 Å². The number of ether oxygens (including phenoxy) is 3. The predicted octanol–water partition coefficient (Wildman–Crippen LogP) is 6.51. The number of carbonyl (C=O) groups is 1. The van der Waals surface area contributed by atoms with Crippen molar-refractivity contribution >= 4 is 5.97 Å². The lowest BCUT2D eigenvalue weighted by atomic mass is 9.82. The summed E-state index contributed by atoms with van der Waals surface area (Å²) in [5.74, 6) is 0.929. The van der Waals surface area contributed by atoms with Gasteiger partial charge in [-0.2, -0.15) is 0 Å². The summed E-state index contributed by atoms with van der Waals surface area (Å²) in [6.07, 6.45) is 1.89. The highest BCUT2D eigenvalue weighted by atomic mass is 16.5. The van der Waals surface area contributed by atoms with Crippen molar-refractivity contribution < 1.29 is 24.1 Å². The predicted molar refractivity (Wildman–Crippen MR) is 133 cm³/mol. The third-order valence-electron chi connectivity index (χ3n) is 6.03. The second-order valence-corrected chi connectivity index (χ2v) is 8.76. The molecule has 180 valence electrons. The molecule has 0 aliphatic heterocycles. The average Bonchev–Trinajstić information content (AvgIpc) is 2.86. The lowest BCUT2D eigenvalue weighted by Gasteiger charge is -2.23. The quantitative estimate of drug-likeness (QED) is 0.349. The molecule has 0 bridgehead atoms. The molecule has 0 amide bonds. The lowest BCUT2D eigenvalue weighted by molar-refractivity contribution is 0.0693. The Morgan fingerprint density at radius 1 is 0.971 bits per heavy atom. The molecule has 0 fully saturated rings. The molecule has 6 nitrogen and oxygen atoms in total. The maximum Gasteiger partial charge on any atom is 0.337 e. The topological polar surface area (TPSA) is 77.9 Å². The Labute approximate surface area is 201 Å². The van der Waals surface area contributed by atoms with E-state index >= 15 is 0 Å². The van der Waals surface area contributed by atoms with Gasteiger partial charge in [0.25, 0.3) is 0 Å². The number of carboxylic acids is 1. The fourth-order valence-corrected chi connectivity index (χ4v) is 3.49. The number of benzene rings is 2. The SMILES string of the molecule is CCCOc1cc(OC)ccc1-c1ccc(C(=O)O)c(COc2ccc(C(C)(C)CC)cc2)n1. The maximum absolute atomic E-state index is 11.8. The van der Waals surface area contributed by atoms with Crippen molar-refractivity contribution in [3.05, 3.63) is 71.4 Å². The highest BCUT2D eigenvalue weighted by molar-refractivity contribution is 5.89. The van der Waals surface area contributed by atoms with Gasteiger partial charge < -0.3 is 19.3 Å².